The molecule has 0 bridgehead atoms. The maximum atomic E-state index is 0. The van der Waals surface area contributed by atoms with Crippen molar-refractivity contribution in [3.05, 3.63) is 0 Å². The van der Waals surface area contributed by atoms with Gasteiger partial charge in [-0.1, -0.05) is 0 Å². The third-order valence-corrected chi connectivity index (χ3v) is 0. The molecular weight excluding hydrogens is 413 g/mol. The zero-order valence-corrected chi connectivity index (χ0v) is 12.3. The van der Waals surface area contributed by atoms with Crippen LogP contribution in [-0.2, 0) is 42.1 Å². The molecule has 0 aliphatic heterocycles. The summed E-state index contributed by atoms with van der Waals surface area (Å²) in [4.78, 5) is 0. The van der Waals surface area contributed by atoms with Gasteiger partial charge in [-0.15, -0.1) is 0 Å². The van der Waals surface area contributed by atoms with Crippen molar-refractivity contribution in [2.24, 2.45) is 0 Å². The zero-order valence-electron chi connectivity index (χ0n) is 2.02. The normalized spacial score (nSPS) is 0. The average Bonchev–Trinajstić information content (AvgIpc) is 0. The Morgan fingerprint density at radius 1 is 1.00 bits per heavy atom. The molecule has 0 heterocycles. The van der Waals surface area contributed by atoms with Crippen LogP contribution in [-0.4, -0.2) is 23.9 Å². The van der Waals surface area contributed by atoms with Crippen LogP contribution in [0.25, 0.3) is 0 Å². The molecule has 0 aliphatic carbocycles. The summed E-state index contributed by atoms with van der Waals surface area (Å²) in [6, 6.07) is 0. The van der Waals surface area contributed by atoms with E-state index in [9.17, 15) is 0 Å². The maximum Gasteiger partial charge on any atom is 0 e. The van der Waals surface area contributed by atoms with E-state index in [2.05, 4.69) is 0 Å². The van der Waals surface area contributed by atoms with Crippen LogP contribution in [0.15, 0.2) is 0 Å². The molecule has 4 heteroatoms. The second-order valence-electron chi connectivity index (χ2n) is 0. The summed E-state index contributed by atoms with van der Waals surface area (Å²) in [6.45, 7) is 0. The monoisotopic (exact) mass is 416 g/mol. The average molecular weight is 415 g/mol. The molecule has 0 aliphatic rings. The standard InChI is InChI=1S/Ce.Pd.Sn.Ti.2H. The molecule has 0 saturated heterocycles. The minimum atomic E-state index is 0. The maximum absolute atomic E-state index is 0. The molecule has 4 heavy (non-hydrogen) atoms. The topological polar surface area (TPSA) is 0 Å². The van der Waals surface area contributed by atoms with Crippen LogP contribution >= 0.6 is 0 Å². The first kappa shape index (κ1) is 25.7. The van der Waals surface area contributed by atoms with Gasteiger partial charge < -0.3 is 0 Å². The largest absolute Gasteiger partial charge is 0 e. The Morgan fingerprint density at radius 3 is 1.00 bits per heavy atom. The van der Waals surface area contributed by atoms with Gasteiger partial charge in [0.2, 0.25) is 0 Å². The van der Waals surface area contributed by atoms with Gasteiger partial charge in [-0.3, -0.25) is 0 Å². The van der Waals surface area contributed by atoms with Crippen molar-refractivity contribution in [2.75, 3.05) is 0 Å². The molecule has 0 atom stereocenters. The molecule has 24 valence electrons. The Bertz CT molecular complexity index is 8.00. The van der Waals surface area contributed by atoms with Gasteiger partial charge in [0.05, 0.1) is 0 Å². The van der Waals surface area contributed by atoms with Crippen LogP contribution in [0.3, 0.4) is 0 Å². The number of rotatable bonds is 0. The van der Waals surface area contributed by atoms with Crippen molar-refractivity contribution >= 4 is 23.9 Å². The summed E-state index contributed by atoms with van der Waals surface area (Å²) in [7, 11) is 0. The van der Waals surface area contributed by atoms with Crippen LogP contribution in [0.5, 0.6) is 0 Å². The summed E-state index contributed by atoms with van der Waals surface area (Å²) in [5.41, 5.74) is 0. The first-order valence-electron chi connectivity index (χ1n) is 0. The second kappa shape index (κ2) is 16.0. The summed E-state index contributed by atoms with van der Waals surface area (Å²) >= 11 is 0. The Labute approximate surface area is 105 Å². The van der Waals surface area contributed by atoms with E-state index in [0.29, 0.717) is 0 Å². The molecule has 0 saturated carbocycles. The van der Waals surface area contributed by atoms with Crippen LogP contribution in [0.2, 0.25) is 0 Å². The van der Waals surface area contributed by atoms with Crippen LogP contribution in [0.1, 0.15) is 0 Å². The molecule has 0 aromatic heterocycles. The van der Waals surface area contributed by atoms with Gasteiger partial charge in [0, 0.05) is 83.9 Å². The third-order valence-electron chi connectivity index (χ3n) is 0. The second-order valence-corrected chi connectivity index (χ2v) is 0. The van der Waals surface area contributed by atoms with Crippen LogP contribution < -0.4 is 0 Å². The molecular formula is H2CePdSnTi. The predicted molar refractivity (Wildman–Crippen MR) is 8.54 cm³/mol. The number of hydrogen-bond acceptors (Lipinski definition) is 0. The third kappa shape index (κ3) is 9.12. The van der Waals surface area contributed by atoms with E-state index in [1.165, 1.54) is 0 Å². The number of hydrogen-bond donors (Lipinski definition) is 0. The van der Waals surface area contributed by atoms with Crippen molar-refractivity contribution in [1.82, 2.24) is 0 Å². The summed E-state index contributed by atoms with van der Waals surface area (Å²) in [5.74, 6) is 0. The van der Waals surface area contributed by atoms with E-state index in [4.69, 9.17) is 0 Å². The van der Waals surface area contributed by atoms with Gasteiger partial charge in [-0.25, -0.2) is 0 Å². The molecule has 0 spiro atoms. The zero-order chi connectivity index (χ0) is 0. The molecule has 0 N–H and O–H groups in total. The first-order valence-corrected chi connectivity index (χ1v) is 0. The van der Waals surface area contributed by atoms with Crippen LogP contribution in [0, 0.1) is 41.7 Å². The fourth-order valence-electron chi connectivity index (χ4n) is 0. The van der Waals surface area contributed by atoms with E-state index in [-0.39, 0.29) is 108 Å². The molecule has 0 rings (SSSR count). The van der Waals surface area contributed by atoms with Crippen molar-refractivity contribution in [3.63, 3.8) is 0 Å². The van der Waals surface area contributed by atoms with Gasteiger partial charge in [0.15, 0.2) is 0 Å². The summed E-state index contributed by atoms with van der Waals surface area (Å²) in [6.07, 6.45) is 0. The van der Waals surface area contributed by atoms with E-state index in [0.717, 1.165) is 0 Å². The van der Waals surface area contributed by atoms with E-state index < -0.39 is 0 Å². The first-order chi connectivity index (χ1) is 0. The van der Waals surface area contributed by atoms with Crippen molar-refractivity contribution in [1.29, 1.82) is 0 Å². The Morgan fingerprint density at radius 2 is 1.00 bits per heavy atom. The minimum absolute atomic E-state index is 0. The summed E-state index contributed by atoms with van der Waals surface area (Å²) < 4.78 is 0. The summed E-state index contributed by atoms with van der Waals surface area (Å²) in [5, 5.41) is 0. The molecule has 0 amide bonds. The molecule has 0 unspecified atom stereocenters. The van der Waals surface area contributed by atoms with Gasteiger partial charge in [0.1, 0.15) is 0 Å². The smallest absolute Gasteiger partial charge is 0 e. The van der Waals surface area contributed by atoms with Gasteiger partial charge in [-0.05, 0) is 0 Å². The van der Waals surface area contributed by atoms with E-state index in [1.54, 1.807) is 0 Å². The fourth-order valence-corrected chi connectivity index (χ4v) is 0. The fraction of sp³-hybridized carbons (Fsp3) is 0. The van der Waals surface area contributed by atoms with Crippen molar-refractivity contribution < 1.29 is 83.9 Å². The Kier molecular flexibility index (Phi) is 103. The van der Waals surface area contributed by atoms with Gasteiger partial charge in [-0.2, -0.15) is 0 Å². The predicted octanol–water partition coefficient (Wildman–Crippen LogP) is -0.921. The van der Waals surface area contributed by atoms with Crippen molar-refractivity contribution in [2.45, 2.75) is 0 Å². The SMILES string of the molecule is [Ce].[Pd].[SnH2].[Ti]. The molecule has 0 nitrogen and oxygen atoms in total. The Hall–Kier alpha value is 3.55. The Balaban J connectivity index is 0. The van der Waals surface area contributed by atoms with E-state index >= 15 is 0 Å². The van der Waals surface area contributed by atoms with Crippen LogP contribution in [0.4, 0.5) is 0 Å². The van der Waals surface area contributed by atoms with Gasteiger partial charge >= 0.3 is 23.9 Å². The van der Waals surface area contributed by atoms with Crippen molar-refractivity contribution in [3.8, 4) is 0 Å². The van der Waals surface area contributed by atoms with Gasteiger partial charge in [0.25, 0.3) is 0 Å². The molecule has 2 radical (unpaired) electrons. The molecule has 0 aromatic carbocycles. The quantitative estimate of drug-likeness (QED) is 0.450. The minimum Gasteiger partial charge on any atom is 0 e. The molecule has 0 fully saturated rings. The van der Waals surface area contributed by atoms with E-state index in [1.807, 2.05) is 0 Å². The molecule has 0 aromatic rings.